The van der Waals surface area contributed by atoms with E-state index in [-0.39, 0.29) is 16.7 Å². The lowest BCUT2D eigenvalue weighted by molar-refractivity contribution is -0.209. The molecular formula is C23H18Cl3N5O6. The quantitative estimate of drug-likeness (QED) is 0.0811. The molecule has 1 unspecified atom stereocenters. The van der Waals surface area contributed by atoms with Crippen LogP contribution in [0.4, 0.5) is 0 Å². The van der Waals surface area contributed by atoms with Crippen LogP contribution in [0.5, 0.6) is 0 Å². The van der Waals surface area contributed by atoms with Gasteiger partial charge in [0.2, 0.25) is 12.2 Å². The first-order valence-corrected chi connectivity index (χ1v) is 11.9. The number of azide groups is 1. The smallest absolute Gasteiger partial charge is 0.338 e. The fourth-order valence-electron chi connectivity index (χ4n) is 4.20. The zero-order chi connectivity index (χ0) is 26.9. The molecule has 5 atom stereocenters. The fraction of sp³-hybridized carbons (Fsp3) is 0.304. The number of nitrogens with one attached hydrogen (secondary N) is 1. The summed E-state index contributed by atoms with van der Waals surface area (Å²) >= 11 is 17.2. The zero-order valence-corrected chi connectivity index (χ0v) is 21.2. The summed E-state index contributed by atoms with van der Waals surface area (Å²) < 4.78 is 14.6. The van der Waals surface area contributed by atoms with E-state index in [0.29, 0.717) is 0 Å². The highest BCUT2D eigenvalue weighted by molar-refractivity contribution is 6.76. The van der Waals surface area contributed by atoms with Gasteiger partial charge in [0.25, 0.3) is 15.6 Å². The molecule has 11 nitrogen and oxygen atoms in total. The van der Waals surface area contributed by atoms with Gasteiger partial charge in [0.05, 0.1) is 22.8 Å². The highest BCUT2D eigenvalue weighted by atomic mass is 35.6. The number of hydrogen-bond donors (Lipinski definition) is 1. The van der Waals surface area contributed by atoms with Gasteiger partial charge in [0.1, 0.15) is 18.2 Å². The first-order valence-electron chi connectivity index (χ1n) is 10.8. The fourth-order valence-corrected chi connectivity index (χ4v) is 4.33. The normalized spacial score (nSPS) is 25.2. The second kappa shape index (κ2) is 10.6. The number of alkyl halides is 3. The third kappa shape index (κ3) is 5.22. The van der Waals surface area contributed by atoms with E-state index in [9.17, 15) is 19.9 Å². The molecule has 0 aromatic heterocycles. The highest BCUT2D eigenvalue weighted by Crippen LogP contribution is 2.37. The molecule has 0 spiro atoms. The van der Waals surface area contributed by atoms with Crippen LogP contribution in [-0.2, 0) is 14.2 Å². The van der Waals surface area contributed by atoms with Crippen molar-refractivity contribution in [1.82, 2.24) is 4.90 Å². The summed E-state index contributed by atoms with van der Waals surface area (Å²) in [7, 11) is 0. The van der Waals surface area contributed by atoms with Crippen molar-refractivity contribution >= 4 is 58.5 Å². The number of imide groups is 1. The highest BCUT2D eigenvalue weighted by Gasteiger charge is 2.55. The lowest BCUT2D eigenvalue weighted by Gasteiger charge is -2.46. The van der Waals surface area contributed by atoms with Gasteiger partial charge in [-0.05, 0) is 36.7 Å². The third-order valence-corrected chi connectivity index (χ3v) is 6.35. The first-order chi connectivity index (χ1) is 17.5. The number of carbonyl (C=O) groups excluding carboxylic acids is 3. The molecule has 2 heterocycles. The second-order valence-corrected chi connectivity index (χ2v) is 10.4. The van der Waals surface area contributed by atoms with Gasteiger partial charge in [-0.3, -0.25) is 19.9 Å². The molecule has 2 amide bonds. The lowest BCUT2D eigenvalue weighted by Crippen LogP contribution is -2.65. The molecular weight excluding hydrogens is 549 g/mol. The Morgan fingerprint density at radius 2 is 1.62 bits per heavy atom. The molecule has 0 bridgehead atoms. The molecule has 14 heteroatoms. The average molecular weight is 567 g/mol. The summed E-state index contributed by atoms with van der Waals surface area (Å²) in [5.74, 6) is -2.96. The van der Waals surface area contributed by atoms with Crippen LogP contribution < -0.4 is 0 Å². The summed E-state index contributed by atoms with van der Waals surface area (Å²) in [5.41, 5.74) is 9.77. The van der Waals surface area contributed by atoms with E-state index in [2.05, 4.69) is 10.0 Å². The summed E-state index contributed by atoms with van der Waals surface area (Å²) in [4.78, 5) is 43.4. The van der Waals surface area contributed by atoms with Crippen molar-refractivity contribution in [3.8, 4) is 0 Å². The Bertz CT molecular complexity index is 1260. The standard InChI is InChI=1S/C23H18Cl3N5O6/c1-11-16(31-18(32)13-9-5-6-10-14(13)19(31)33)17(36-20(34)12-7-3-2-4-8-12)15(29-30-28)21(35-11)37-22(27)23(24,25)26/h2-11,15-17,21,27H,1H3/t11-,15-,16+,17-,21?/m1/s1. The van der Waals surface area contributed by atoms with Crippen molar-refractivity contribution in [2.75, 3.05) is 0 Å². The first kappa shape index (κ1) is 26.7. The minimum atomic E-state index is -2.27. The molecule has 1 fully saturated rings. The molecule has 37 heavy (non-hydrogen) atoms. The molecule has 0 radical (unpaired) electrons. The van der Waals surface area contributed by atoms with Gasteiger partial charge < -0.3 is 14.2 Å². The van der Waals surface area contributed by atoms with Crippen molar-refractivity contribution < 1.29 is 28.6 Å². The van der Waals surface area contributed by atoms with Gasteiger partial charge in [-0.1, -0.05) is 70.2 Å². The molecule has 1 N–H and O–H groups in total. The van der Waals surface area contributed by atoms with Gasteiger partial charge in [-0.25, -0.2) is 4.79 Å². The Morgan fingerprint density at radius 3 is 2.16 bits per heavy atom. The second-order valence-electron chi connectivity index (χ2n) is 8.10. The maximum absolute atomic E-state index is 13.3. The zero-order valence-electron chi connectivity index (χ0n) is 19.0. The third-order valence-electron chi connectivity index (χ3n) is 5.83. The molecule has 2 aliphatic rings. The van der Waals surface area contributed by atoms with Crippen LogP contribution in [0.15, 0.2) is 59.7 Å². The van der Waals surface area contributed by atoms with E-state index in [4.69, 9.17) is 54.4 Å². The molecule has 0 saturated carbocycles. The van der Waals surface area contributed by atoms with E-state index in [1.165, 1.54) is 31.2 Å². The topological polar surface area (TPSA) is 155 Å². The van der Waals surface area contributed by atoms with Gasteiger partial charge in [-0.15, -0.1) is 0 Å². The minimum Gasteiger partial charge on any atom is -0.456 e. The summed E-state index contributed by atoms with van der Waals surface area (Å²) in [6, 6.07) is 11.4. The average Bonchev–Trinajstić information content (AvgIpc) is 3.11. The number of ether oxygens (including phenoxy) is 3. The van der Waals surface area contributed by atoms with Crippen LogP contribution in [0, 0.1) is 5.41 Å². The Balaban J connectivity index is 1.77. The van der Waals surface area contributed by atoms with Gasteiger partial charge in [0.15, 0.2) is 0 Å². The summed E-state index contributed by atoms with van der Waals surface area (Å²) in [5, 5.41) is 11.6. The number of fused-ring (bicyclic) bond motifs is 1. The number of halogens is 3. The van der Waals surface area contributed by atoms with Crippen molar-refractivity contribution in [1.29, 1.82) is 5.41 Å². The Labute approximate surface area is 225 Å². The maximum Gasteiger partial charge on any atom is 0.338 e. The van der Waals surface area contributed by atoms with Crippen molar-refractivity contribution in [3.63, 3.8) is 0 Å². The number of esters is 1. The van der Waals surface area contributed by atoms with Crippen molar-refractivity contribution in [2.24, 2.45) is 5.11 Å². The molecule has 2 aromatic rings. The van der Waals surface area contributed by atoms with Crippen LogP contribution in [0.3, 0.4) is 0 Å². The molecule has 2 aromatic carbocycles. The molecule has 0 aliphatic carbocycles. The lowest BCUT2D eigenvalue weighted by atomic mass is 9.93. The minimum absolute atomic E-state index is 0.157. The Hall–Kier alpha value is -3.34. The van der Waals surface area contributed by atoms with E-state index in [1.807, 2.05) is 0 Å². The number of amides is 2. The SMILES string of the molecule is C[C@H]1OC(OC(=N)C(Cl)(Cl)Cl)[C@H](N=[N+]=[N-])[C@@H](OC(=O)c2ccccc2)[C@H]1N1C(=O)c2ccccc2C1=O. The van der Waals surface area contributed by atoms with Crippen LogP contribution >= 0.6 is 34.8 Å². The van der Waals surface area contributed by atoms with E-state index < -0.39 is 58.1 Å². The number of hydrogen-bond acceptors (Lipinski definition) is 8. The van der Waals surface area contributed by atoms with E-state index >= 15 is 0 Å². The number of rotatable bonds is 5. The predicted molar refractivity (Wildman–Crippen MR) is 133 cm³/mol. The molecule has 1 saturated heterocycles. The number of carbonyl (C=O) groups is 3. The van der Waals surface area contributed by atoms with Gasteiger partial charge >= 0.3 is 5.97 Å². The maximum atomic E-state index is 13.3. The largest absolute Gasteiger partial charge is 0.456 e. The Kier molecular flexibility index (Phi) is 7.63. The molecule has 4 rings (SSSR count). The van der Waals surface area contributed by atoms with Crippen LogP contribution in [0.1, 0.15) is 38.0 Å². The number of nitrogens with zero attached hydrogens (tertiary/aromatic N) is 4. The van der Waals surface area contributed by atoms with Crippen LogP contribution in [0.25, 0.3) is 10.4 Å². The van der Waals surface area contributed by atoms with E-state index in [0.717, 1.165) is 4.90 Å². The monoisotopic (exact) mass is 565 g/mol. The van der Waals surface area contributed by atoms with E-state index in [1.54, 1.807) is 30.3 Å². The molecule has 2 aliphatic heterocycles. The number of benzene rings is 2. The predicted octanol–water partition coefficient (Wildman–Crippen LogP) is 4.66. The Morgan fingerprint density at radius 1 is 1.05 bits per heavy atom. The summed E-state index contributed by atoms with van der Waals surface area (Å²) in [6.07, 6.45) is -4.05. The van der Waals surface area contributed by atoms with Crippen molar-refractivity contribution in [3.05, 3.63) is 81.7 Å². The molecule has 192 valence electrons. The van der Waals surface area contributed by atoms with Gasteiger partial charge in [0, 0.05) is 4.91 Å². The van der Waals surface area contributed by atoms with Crippen molar-refractivity contribution in [2.45, 2.75) is 41.3 Å². The van der Waals surface area contributed by atoms with Gasteiger partial charge in [-0.2, -0.15) is 0 Å². The van der Waals surface area contributed by atoms with Crippen LogP contribution in [0.2, 0.25) is 0 Å². The van der Waals surface area contributed by atoms with Crippen LogP contribution in [-0.4, -0.2) is 63.0 Å². The summed E-state index contributed by atoms with van der Waals surface area (Å²) in [6.45, 7) is 1.50.